The lowest BCUT2D eigenvalue weighted by atomic mass is 10.1. The topological polar surface area (TPSA) is 12.0 Å². The molecule has 1 aromatic carbocycles. The van der Waals surface area contributed by atoms with Gasteiger partial charge in [-0.3, -0.25) is 0 Å². The highest BCUT2D eigenvalue weighted by Crippen LogP contribution is 2.33. The molecule has 1 heterocycles. The van der Waals surface area contributed by atoms with Gasteiger partial charge in [0.25, 0.3) is 0 Å². The standard InChI is InChI=1S/C10H11BrClN/c11-10-7(3-1-4-8(10)12)9-5-2-6-13-9/h1,3-4,9,13H,2,5-6H2. The van der Waals surface area contributed by atoms with Gasteiger partial charge >= 0.3 is 0 Å². The molecule has 1 unspecified atom stereocenters. The second-order valence-corrected chi connectivity index (χ2v) is 4.49. The fourth-order valence-electron chi connectivity index (χ4n) is 1.74. The third kappa shape index (κ3) is 1.90. The highest BCUT2D eigenvalue weighted by molar-refractivity contribution is 9.10. The molecule has 70 valence electrons. The van der Waals surface area contributed by atoms with Crippen LogP contribution in [-0.2, 0) is 0 Å². The first-order valence-corrected chi connectivity index (χ1v) is 5.63. The zero-order valence-corrected chi connectivity index (χ0v) is 9.53. The molecule has 1 saturated heterocycles. The summed E-state index contributed by atoms with van der Waals surface area (Å²) < 4.78 is 1.04. The first-order valence-electron chi connectivity index (χ1n) is 4.46. The molecule has 0 radical (unpaired) electrons. The van der Waals surface area contributed by atoms with Gasteiger partial charge in [0.05, 0.1) is 5.02 Å². The monoisotopic (exact) mass is 259 g/mol. The van der Waals surface area contributed by atoms with Crippen LogP contribution in [0.3, 0.4) is 0 Å². The number of benzene rings is 1. The van der Waals surface area contributed by atoms with E-state index in [2.05, 4.69) is 27.3 Å². The van der Waals surface area contributed by atoms with Gasteiger partial charge in [0, 0.05) is 10.5 Å². The van der Waals surface area contributed by atoms with Crippen LogP contribution in [0.15, 0.2) is 22.7 Å². The largest absolute Gasteiger partial charge is 0.310 e. The van der Waals surface area contributed by atoms with Gasteiger partial charge < -0.3 is 5.32 Å². The van der Waals surface area contributed by atoms with E-state index in [-0.39, 0.29) is 0 Å². The first kappa shape index (κ1) is 9.50. The van der Waals surface area contributed by atoms with Gasteiger partial charge in [-0.25, -0.2) is 0 Å². The van der Waals surface area contributed by atoms with E-state index >= 15 is 0 Å². The van der Waals surface area contributed by atoms with Crippen LogP contribution in [0.2, 0.25) is 5.02 Å². The molecule has 1 aliphatic rings. The molecule has 0 amide bonds. The molecule has 3 heteroatoms. The van der Waals surface area contributed by atoms with Gasteiger partial charge in [0.2, 0.25) is 0 Å². The number of rotatable bonds is 1. The molecular formula is C10H11BrClN. The molecule has 0 spiro atoms. The van der Waals surface area contributed by atoms with Crippen LogP contribution in [0.25, 0.3) is 0 Å². The van der Waals surface area contributed by atoms with E-state index in [0.717, 1.165) is 16.0 Å². The summed E-state index contributed by atoms with van der Waals surface area (Å²) in [5, 5.41) is 4.25. The average molecular weight is 261 g/mol. The van der Waals surface area contributed by atoms with Crippen LogP contribution in [0, 0.1) is 0 Å². The van der Waals surface area contributed by atoms with E-state index in [1.165, 1.54) is 18.4 Å². The Balaban J connectivity index is 2.33. The number of hydrogen-bond donors (Lipinski definition) is 1. The van der Waals surface area contributed by atoms with Crippen molar-refractivity contribution in [3.63, 3.8) is 0 Å². The fraction of sp³-hybridized carbons (Fsp3) is 0.400. The van der Waals surface area contributed by atoms with Crippen molar-refractivity contribution in [2.75, 3.05) is 6.54 Å². The lowest BCUT2D eigenvalue weighted by Crippen LogP contribution is -2.13. The minimum absolute atomic E-state index is 0.480. The highest BCUT2D eigenvalue weighted by Gasteiger charge is 2.18. The molecule has 1 aromatic rings. The summed E-state index contributed by atoms with van der Waals surface area (Å²) in [4.78, 5) is 0. The van der Waals surface area contributed by atoms with Crippen LogP contribution in [0.5, 0.6) is 0 Å². The predicted octanol–water partition coefficient (Wildman–Crippen LogP) is 3.53. The van der Waals surface area contributed by atoms with Gasteiger partial charge in [-0.05, 0) is 46.9 Å². The minimum Gasteiger partial charge on any atom is -0.310 e. The molecule has 1 aliphatic heterocycles. The van der Waals surface area contributed by atoms with Crippen molar-refractivity contribution in [1.29, 1.82) is 0 Å². The Morgan fingerprint density at radius 1 is 1.46 bits per heavy atom. The van der Waals surface area contributed by atoms with Gasteiger partial charge in [-0.2, -0.15) is 0 Å². The van der Waals surface area contributed by atoms with Crippen molar-refractivity contribution in [2.45, 2.75) is 18.9 Å². The average Bonchev–Trinajstić information content (AvgIpc) is 2.62. The molecule has 1 atom stereocenters. The van der Waals surface area contributed by atoms with E-state index in [9.17, 15) is 0 Å². The minimum atomic E-state index is 0.480. The van der Waals surface area contributed by atoms with Crippen LogP contribution >= 0.6 is 27.5 Å². The zero-order chi connectivity index (χ0) is 9.26. The highest BCUT2D eigenvalue weighted by atomic mass is 79.9. The van der Waals surface area contributed by atoms with E-state index in [4.69, 9.17) is 11.6 Å². The van der Waals surface area contributed by atoms with Crippen molar-refractivity contribution in [3.05, 3.63) is 33.3 Å². The van der Waals surface area contributed by atoms with Crippen molar-refractivity contribution >= 4 is 27.5 Å². The maximum absolute atomic E-state index is 6.02. The molecule has 0 aliphatic carbocycles. The summed E-state index contributed by atoms with van der Waals surface area (Å²) in [5.41, 5.74) is 1.28. The second kappa shape index (κ2) is 3.99. The lowest BCUT2D eigenvalue weighted by Gasteiger charge is -2.13. The van der Waals surface area contributed by atoms with Crippen LogP contribution < -0.4 is 5.32 Å². The molecule has 1 N–H and O–H groups in total. The molecule has 1 fully saturated rings. The van der Waals surface area contributed by atoms with E-state index in [0.29, 0.717) is 6.04 Å². The van der Waals surface area contributed by atoms with Gasteiger partial charge in [0.15, 0.2) is 0 Å². The molecule has 13 heavy (non-hydrogen) atoms. The number of nitrogens with one attached hydrogen (secondary N) is 1. The van der Waals surface area contributed by atoms with Crippen molar-refractivity contribution in [2.24, 2.45) is 0 Å². The SMILES string of the molecule is Clc1cccc(C2CCCN2)c1Br. The molecule has 2 rings (SSSR count). The number of halogens is 2. The van der Waals surface area contributed by atoms with Crippen LogP contribution in [0.1, 0.15) is 24.4 Å². The summed E-state index contributed by atoms with van der Waals surface area (Å²) in [6.07, 6.45) is 2.46. The molecule has 0 aromatic heterocycles. The summed E-state index contributed by atoms with van der Waals surface area (Å²) in [5.74, 6) is 0. The fourth-order valence-corrected chi connectivity index (χ4v) is 2.46. The molecular weight excluding hydrogens is 249 g/mol. The quantitative estimate of drug-likeness (QED) is 0.814. The Bertz CT molecular complexity index is 308. The predicted molar refractivity (Wildman–Crippen MR) is 59.1 cm³/mol. The van der Waals surface area contributed by atoms with Gasteiger partial charge in [0.1, 0.15) is 0 Å². The second-order valence-electron chi connectivity index (χ2n) is 3.29. The first-order chi connectivity index (χ1) is 6.29. The van der Waals surface area contributed by atoms with Crippen molar-refractivity contribution < 1.29 is 0 Å². The number of hydrogen-bond acceptors (Lipinski definition) is 1. The molecule has 0 saturated carbocycles. The zero-order valence-electron chi connectivity index (χ0n) is 7.19. The van der Waals surface area contributed by atoms with Gasteiger partial charge in [-0.15, -0.1) is 0 Å². The summed E-state index contributed by atoms with van der Waals surface area (Å²) in [6, 6.07) is 6.51. The molecule has 1 nitrogen and oxygen atoms in total. The van der Waals surface area contributed by atoms with Crippen molar-refractivity contribution in [1.82, 2.24) is 5.32 Å². The Kier molecular flexibility index (Phi) is 2.92. The molecule has 0 bridgehead atoms. The maximum atomic E-state index is 6.02. The summed E-state index contributed by atoms with van der Waals surface area (Å²) in [6.45, 7) is 1.11. The van der Waals surface area contributed by atoms with Crippen molar-refractivity contribution in [3.8, 4) is 0 Å². The third-order valence-electron chi connectivity index (χ3n) is 2.42. The Labute approximate surface area is 91.6 Å². The Morgan fingerprint density at radius 2 is 2.31 bits per heavy atom. The smallest absolute Gasteiger partial charge is 0.0551 e. The maximum Gasteiger partial charge on any atom is 0.0551 e. The van der Waals surface area contributed by atoms with E-state index in [1.807, 2.05) is 12.1 Å². The Hall–Kier alpha value is -0.0500. The van der Waals surface area contributed by atoms with Gasteiger partial charge in [-0.1, -0.05) is 23.7 Å². The van der Waals surface area contributed by atoms with E-state index < -0.39 is 0 Å². The van der Waals surface area contributed by atoms with Crippen LogP contribution in [-0.4, -0.2) is 6.54 Å². The lowest BCUT2D eigenvalue weighted by molar-refractivity contribution is 0.645. The third-order valence-corrected chi connectivity index (χ3v) is 3.85. The summed E-state index contributed by atoms with van der Waals surface area (Å²) >= 11 is 9.54. The Morgan fingerprint density at radius 3 is 3.00 bits per heavy atom. The normalized spacial score (nSPS) is 22.2. The van der Waals surface area contributed by atoms with E-state index in [1.54, 1.807) is 0 Å². The summed E-state index contributed by atoms with van der Waals surface area (Å²) in [7, 11) is 0. The van der Waals surface area contributed by atoms with Crippen LogP contribution in [0.4, 0.5) is 0 Å².